The van der Waals surface area contributed by atoms with Gasteiger partial charge in [-0.2, -0.15) is 10.2 Å². The van der Waals surface area contributed by atoms with E-state index in [0.717, 1.165) is 48.5 Å². The zero-order valence-electron chi connectivity index (χ0n) is 20.9. The molecule has 0 atom stereocenters. The standard InChI is InChI=1S/C30H22N6S3/c1-5-17-13-15-31-35(17)29-23(11-1)33-27(38-29)21-9-3-7-19-20-8-4-10-22(26(20)37-25(19)21)28-34-24-12-2-6-18-14-16-32-36(18)30(24)39-28/h3-4,7-10,13-16H,1-2,5-6,11-12H2. The van der Waals surface area contributed by atoms with Gasteiger partial charge in [0.15, 0.2) is 0 Å². The van der Waals surface area contributed by atoms with E-state index in [4.69, 9.17) is 9.97 Å². The minimum absolute atomic E-state index is 0.994. The van der Waals surface area contributed by atoms with Crippen molar-refractivity contribution in [3.8, 4) is 31.1 Å². The smallest absolute Gasteiger partial charge is 0.141 e. The van der Waals surface area contributed by atoms with Gasteiger partial charge in [-0.05, 0) is 50.7 Å². The summed E-state index contributed by atoms with van der Waals surface area (Å²) in [6.07, 6.45) is 10.1. The van der Waals surface area contributed by atoms with E-state index in [2.05, 4.69) is 68.1 Å². The van der Waals surface area contributed by atoms with E-state index in [0.29, 0.717) is 0 Å². The number of nitrogens with zero attached hydrogens (tertiary/aromatic N) is 6. The van der Waals surface area contributed by atoms with Crippen molar-refractivity contribution < 1.29 is 0 Å². The summed E-state index contributed by atoms with van der Waals surface area (Å²) in [6.45, 7) is 0. The van der Waals surface area contributed by atoms with Gasteiger partial charge in [0.2, 0.25) is 0 Å². The number of hydrogen-bond acceptors (Lipinski definition) is 7. The van der Waals surface area contributed by atoms with Crippen molar-refractivity contribution in [2.75, 3.05) is 0 Å². The number of rotatable bonds is 2. The number of fused-ring (bicyclic) bond motifs is 9. The number of thiazole rings is 2. The summed E-state index contributed by atoms with van der Waals surface area (Å²) in [6, 6.07) is 17.6. The summed E-state index contributed by atoms with van der Waals surface area (Å²) in [5.74, 6) is 0. The molecular weight excluding hydrogens is 541 g/mol. The van der Waals surface area contributed by atoms with Crippen molar-refractivity contribution in [2.45, 2.75) is 38.5 Å². The fourth-order valence-electron chi connectivity index (χ4n) is 6.01. The van der Waals surface area contributed by atoms with Crippen LogP contribution in [0.25, 0.3) is 51.3 Å². The Hall–Kier alpha value is -3.66. The first-order chi connectivity index (χ1) is 19.3. The van der Waals surface area contributed by atoms with E-state index in [1.165, 1.54) is 64.1 Å². The molecule has 9 rings (SSSR count). The van der Waals surface area contributed by atoms with Crippen molar-refractivity contribution in [1.82, 2.24) is 29.5 Å². The first kappa shape index (κ1) is 22.2. The van der Waals surface area contributed by atoms with Gasteiger partial charge in [-0.3, -0.25) is 0 Å². The van der Waals surface area contributed by atoms with Crippen molar-refractivity contribution in [2.24, 2.45) is 0 Å². The lowest BCUT2D eigenvalue weighted by molar-refractivity contribution is 0.783. The largest absolute Gasteiger partial charge is 0.239 e. The van der Waals surface area contributed by atoms with E-state index in [1.807, 2.05) is 23.7 Å². The molecule has 190 valence electrons. The summed E-state index contributed by atoms with van der Waals surface area (Å²) in [7, 11) is 0. The van der Waals surface area contributed by atoms with Crippen LogP contribution in [0.4, 0.5) is 0 Å². The lowest BCUT2D eigenvalue weighted by Gasteiger charge is -2.01. The molecule has 0 bridgehead atoms. The maximum Gasteiger partial charge on any atom is 0.141 e. The summed E-state index contributed by atoms with van der Waals surface area (Å²) in [5, 5.41) is 16.3. The van der Waals surface area contributed by atoms with Crippen LogP contribution in [0.1, 0.15) is 35.6 Å². The van der Waals surface area contributed by atoms with Gasteiger partial charge in [0.05, 0.1) is 11.4 Å². The van der Waals surface area contributed by atoms with Crippen LogP contribution in [0.2, 0.25) is 0 Å². The van der Waals surface area contributed by atoms with Crippen molar-refractivity contribution in [1.29, 1.82) is 0 Å². The topological polar surface area (TPSA) is 61.4 Å². The second-order valence-electron chi connectivity index (χ2n) is 10.2. The third-order valence-electron chi connectivity index (χ3n) is 7.86. The van der Waals surface area contributed by atoms with Crippen LogP contribution in [-0.2, 0) is 25.7 Å². The first-order valence-electron chi connectivity index (χ1n) is 13.3. The number of aromatic nitrogens is 6. The van der Waals surface area contributed by atoms with Gasteiger partial charge in [0, 0.05) is 55.1 Å². The molecule has 0 fully saturated rings. The van der Waals surface area contributed by atoms with Crippen molar-refractivity contribution in [3.05, 3.63) is 83.7 Å². The highest BCUT2D eigenvalue weighted by molar-refractivity contribution is 7.28. The van der Waals surface area contributed by atoms with Crippen LogP contribution < -0.4 is 0 Å². The van der Waals surface area contributed by atoms with Crippen LogP contribution in [0.3, 0.4) is 0 Å². The minimum Gasteiger partial charge on any atom is -0.239 e. The van der Waals surface area contributed by atoms with Crippen LogP contribution in [-0.4, -0.2) is 29.5 Å². The second kappa shape index (κ2) is 8.42. The Kier molecular flexibility index (Phi) is 4.79. The minimum atomic E-state index is 0.994. The van der Waals surface area contributed by atoms with Gasteiger partial charge < -0.3 is 0 Å². The average molecular weight is 563 g/mol. The molecular formula is C30H22N6S3. The second-order valence-corrected chi connectivity index (χ2v) is 13.2. The quantitative estimate of drug-likeness (QED) is 0.217. The molecule has 9 heteroatoms. The zero-order chi connectivity index (χ0) is 25.5. The highest BCUT2D eigenvalue weighted by Crippen LogP contribution is 2.46. The fraction of sp³-hybridized carbons (Fsp3) is 0.200. The molecule has 0 N–H and O–H groups in total. The maximum atomic E-state index is 5.17. The molecule has 6 nitrogen and oxygen atoms in total. The molecule has 0 radical (unpaired) electrons. The van der Waals surface area contributed by atoms with Crippen LogP contribution in [0.5, 0.6) is 0 Å². The third kappa shape index (κ3) is 3.30. The molecule has 0 unspecified atom stereocenters. The summed E-state index contributed by atoms with van der Waals surface area (Å²) in [5.41, 5.74) is 7.30. The van der Waals surface area contributed by atoms with Gasteiger partial charge in [-0.25, -0.2) is 19.3 Å². The number of benzene rings is 2. The van der Waals surface area contributed by atoms with Crippen molar-refractivity contribution in [3.63, 3.8) is 0 Å². The Balaban J connectivity index is 1.22. The Morgan fingerprint density at radius 3 is 1.59 bits per heavy atom. The zero-order valence-corrected chi connectivity index (χ0v) is 23.4. The molecule has 7 heterocycles. The van der Waals surface area contributed by atoms with E-state index in [1.54, 1.807) is 22.7 Å². The van der Waals surface area contributed by atoms with Crippen LogP contribution in [0.15, 0.2) is 60.9 Å². The summed E-state index contributed by atoms with van der Waals surface area (Å²) >= 11 is 5.40. The molecule has 0 spiro atoms. The molecule has 0 aliphatic carbocycles. The number of thiophene rings is 1. The van der Waals surface area contributed by atoms with Crippen LogP contribution in [0, 0.1) is 0 Å². The lowest BCUT2D eigenvalue weighted by atomic mass is 10.1. The molecule has 2 aromatic carbocycles. The van der Waals surface area contributed by atoms with E-state index in [9.17, 15) is 0 Å². The maximum absolute atomic E-state index is 5.17. The van der Waals surface area contributed by atoms with Gasteiger partial charge in [0.25, 0.3) is 0 Å². The predicted octanol–water partition coefficient (Wildman–Crippen LogP) is 7.65. The molecule has 0 saturated heterocycles. The SMILES string of the molecule is c1cc(-c2nc3c(s2)-n2nccc2CCC3)c2sc3c(-c4nc5c(s4)-n4nccc4CCC5)cccc3c2c1. The normalized spacial score (nSPS) is 14.6. The Morgan fingerprint density at radius 1 is 0.564 bits per heavy atom. The van der Waals surface area contributed by atoms with E-state index in [-0.39, 0.29) is 0 Å². The number of hydrogen-bond donors (Lipinski definition) is 0. The molecule has 0 saturated carbocycles. The van der Waals surface area contributed by atoms with Gasteiger partial charge >= 0.3 is 0 Å². The van der Waals surface area contributed by atoms with Gasteiger partial charge in [-0.15, -0.1) is 11.3 Å². The Morgan fingerprint density at radius 2 is 1.08 bits per heavy atom. The average Bonchev–Trinajstić information content (AvgIpc) is 3.77. The molecule has 2 aliphatic heterocycles. The summed E-state index contributed by atoms with van der Waals surface area (Å²) < 4.78 is 6.78. The predicted molar refractivity (Wildman–Crippen MR) is 160 cm³/mol. The third-order valence-corrected chi connectivity index (χ3v) is 11.4. The molecule has 0 amide bonds. The number of aryl methyl sites for hydroxylation is 4. The Bertz CT molecular complexity index is 1910. The monoisotopic (exact) mass is 562 g/mol. The fourth-order valence-corrected chi connectivity index (χ4v) is 9.74. The van der Waals surface area contributed by atoms with Gasteiger partial charge in [-0.1, -0.05) is 59.1 Å². The van der Waals surface area contributed by atoms with E-state index >= 15 is 0 Å². The summed E-state index contributed by atoms with van der Waals surface area (Å²) in [4.78, 5) is 10.3. The van der Waals surface area contributed by atoms with E-state index < -0.39 is 0 Å². The first-order valence-corrected chi connectivity index (χ1v) is 15.8. The van der Waals surface area contributed by atoms with Crippen LogP contribution >= 0.6 is 34.0 Å². The van der Waals surface area contributed by atoms with Crippen molar-refractivity contribution >= 4 is 54.2 Å². The highest BCUT2D eigenvalue weighted by Gasteiger charge is 2.24. The molecule has 2 aliphatic rings. The molecule has 39 heavy (non-hydrogen) atoms. The Labute approximate surface area is 236 Å². The van der Waals surface area contributed by atoms with Gasteiger partial charge in [0.1, 0.15) is 20.0 Å². The molecule has 7 aromatic rings. The highest BCUT2D eigenvalue weighted by atomic mass is 32.1. The lowest BCUT2D eigenvalue weighted by Crippen LogP contribution is -1.98. The molecule has 5 aromatic heterocycles.